The molecule has 1 aliphatic rings. The van der Waals surface area contributed by atoms with Crippen LogP contribution >= 0.6 is 0 Å². The molecule has 1 aromatic carbocycles. The number of aryl methyl sites for hydroxylation is 2. The van der Waals surface area contributed by atoms with Gasteiger partial charge in [0.1, 0.15) is 0 Å². The largest absolute Gasteiger partial charge is 0.324 e. The maximum atomic E-state index is 12.7. The molecular weight excluding hydrogens is 286 g/mol. The summed E-state index contributed by atoms with van der Waals surface area (Å²) in [6.07, 6.45) is 4.11. The van der Waals surface area contributed by atoms with E-state index in [1.54, 1.807) is 26.0 Å². The van der Waals surface area contributed by atoms with Crippen LogP contribution < -0.4 is 16.0 Å². The van der Waals surface area contributed by atoms with Gasteiger partial charge in [-0.1, -0.05) is 19.8 Å². The zero-order valence-corrected chi connectivity index (χ0v) is 13.8. The molecule has 5 nitrogen and oxygen atoms in total. The molecule has 1 fully saturated rings. The normalized spacial score (nSPS) is 23.0. The van der Waals surface area contributed by atoms with Crippen LogP contribution in [0.4, 0.5) is 5.69 Å². The van der Waals surface area contributed by atoms with Crippen LogP contribution in [0.1, 0.15) is 43.7 Å². The Hall–Kier alpha value is -1.11. The van der Waals surface area contributed by atoms with Crippen molar-refractivity contribution >= 4 is 15.7 Å². The van der Waals surface area contributed by atoms with Gasteiger partial charge in [0, 0.05) is 11.7 Å². The summed E-state index contributed by atoms with van der Waals surface area (Å²) in [6, 6.07) is 3.56. The van der Waals surface area contributed by atoms with Gasteiger partial charge in [-0.15, -0.1) is 0 Å². The van der Waals surface area contributed by atoms with Gasteiger partial charge in [-0.2, -0.15) is 0 Å². The van der Waals surface area contributed by atoms with E-state index in [-0.39, 0.29) is 6.04 Å². The first-order valence-electron chi connectivity index (χ1n) is 7.43. The van der Waals surface area contributed by atoms with E-state index in [2.05, 4.69) is 17.1 Å². The number of sulfonamides is 1. The van der Waals surface area contributed by atoms with Gasteiger partial charge in [-0.3, -0.25) is 5.84 Å². The number of nitrogens with one attached hydrogen (secondary N) is 2. The Labute approximate surface area is 127 Å². The summed E-state index contributed by atoms with van der Waals surface area (Å²) in [4.78, 5) is 0.375. The maximum absolute atomic E-state index is 12.7. The Balaban J connectivity index is 2.27. The van der Waals surface area contributed by atoms with Gasteiger partial charge >= 0.3 is 0 Å². The summed E-state index contributed by atoms with van der Waals surface area (Å²) in [5, 5.41) is 0. The highest BCUT2D eigenvalue weighted by atomic mass is 32.2. The number of hydrogen-bond donors (Lipinski definition) is 3. The molecule has 0 saturated heterocycles. The molecule has 1 aliphatic carbocycles. The molecule has 0 spiro atoms. The Kier molecular flexibility index (Phi) is 4.91. The first kappa shape index (κ1) is 16.3. The van der Waals surface area contributed by atoms with E-state index < -0.39 is 10.0 Å². The lowest BCUT2D eigenvalue weighted by atomic mass is 9.88. The lowest BCUT2D eigenvalue weighted by molar-refractivity contribution is 0.327. The minimum Gasteiger partial charge on any atom is -0.324 e. The summed E-state index contributed by atoms with van der Waals surface area (Å²) in [6.45, 7) is 5.77. The molecular formula is C15H25N3O2S. The average Bonchev–Trinajstić information content (AvgIpc) is 2.36. The molecule has 1 aromatic rings. The lowest BCUT2D eigenvalue weighted by Crippen LogP contribution is -2.38. The second-order valence-electron chi connectivity index (χ2n) is 6.17. The van der Waals surface area contributed by atoms with E-state index in [4.69, 9.17) is 5.84 Å². The van der Waals surface area contributed by atoms with E-state index in [9.17, 15) is 8.42 Å². The molecule has 2 atom stereocenters. The van der Waals surface area contributed by atoms with Crippen LogP contribution in [-0.4, -0.2) is 14.5 Å². The summed E-state index contributed by atoms with van der Waals surface area (Å²) >= 11 is 0. The number of hydrazine groups is 1. The van der Waals surface area contributed by atoms with E-state index in [0.717, 1.165) is 24.9 Å². The number of hydrogen-bond acceptors (Lipinski definition) is 4. The van der Waals surface area contributed by atoms with Gasteiger partial charge in [-0.05, 0) is 55.9 Å². The molecule has 0 radical (unpaired) electrons. The molecule has 0 amide bonds. The third kappa shape index (κ3) is 3.75. The Morgan fingerprint density at radius 2 is 1.81 bits per heavy atom. The minimum atomic E-state index is -3.49. The topological polar surface area (TPSA) is 84.2 Å². The average molecular weight is 311 g/mol. The van der Waals surface area contributed by atoms with Gasteiger partial charge in [0.15, 0.2) is 0 Å². The second kappa shape index (κ2) is 6.34. The SMILES string of the molecule is Cc1cc(NN)cc(C)c1S(=O)(=O)NC1CCCC(C)C1. The minimum absolute atomic E-state index is 0.0462. The molecule has 4 N–H and O–H groups in total. The Bertz CT molecular complexity index is 590. The number of nitrogens with two attached hydrogens (primary N) is 1. The van der Waals surface area contributed by atoms with Gasteiger partial charge < -0.3 is 5.43 Å². The summed E-state index contributed by atoms with van der Waals surface area (Å²) in [5.74, 6) is 5.98. The fourth-order valence-electron chi connectivity index (χ4n) is 3.28. The monoisotopic (exact) mass is 311 g/mol. The molecule has 0 aromatic heterocycles. The molecule has 2 unspecified atom stereocenters. The summed E-state index contributed by atoms with van der Waals surface area (Å²) < 4.78 is 28.3. The fraction of sp³-hybridized carbons (Fsp3) is 0.600. The van der Waals surface area contributed by atoms with Crippen molar-refractivity contribution in [3.63, 3.8) is 0 Å². The van der Waals surface area contributed by atoms with Gasteiger partial charge in [0.05, 0.1) is 4.90 Å². The van der Waals surface area contributed by atoms with Crippen molar-refractivity contribution < 1.29 is 8.42 Å². The second-order valence-corrected chi connectivity index (χ2v) is 7.82. The first-order valence-corrected chi connectivity index (χ1v) is 8.92. The van der Waals surface area contributed by atoms with E-state index in [0.29, 0.717) is 21.9 Å². The van der Waals surface area contributed by atoms with Crippen LogP contribution in [0.3, 0.4) is 0 Å². The van der Waals surface area contributed by atoms with Crippen LogP contribution in [0, 0.1) is 19.8 Å². The molecule has 1 saturated carbocycles. The van der Waals surface area contributed by atoms with Crippen molar-refractivity contribution in [3.8, 4) is 0 Å². The van der Waals surface area contributed by atoms with Crippen LogP contribution in [0.25, 0.3) is 0 Å². The van der Waals surface area contributed by atoms with E-state index in [1.807, 2.05) is 0 Å². The van der Waals surface area contributed by atoms with E-state index >= 15 is 0 Å². The Morgan fingerprint density at radius 3 is 2.33 bits per heavy atom. The quantitative estimate of drug-likeness (QED) is 0.589. The van der Waals surface area contributed by atoms with Crippen molar-refractivity contribution in [2.24, 2.45) is 11.8 Å². The van der Waals surface area contributed by atoms with Crippen molar-refractivity contribution in [1.82, 2.24) is 4.72 Å². The number of nitrogen functional groups attached to an aromatic ring is 1. The third-order valence-corrected chi connectivity index (χ3v) is 5.98. The highest BCUT2D eigenvalue weighted by Gasteiger charge is 2.26. The van der Waals surface area contributed by atoms with Gasteiger partial charge in [0.25, 0.3) is 0 Å². The third-order valence-electron chi connectivity index (χ3n) is 4.15. The summed E-state index contributed by atoms with van der Waals surface area (Å²) in [7, 11) is -3.49. The predicted molar refractivity (Wildman–Crippen MR) is 85.5 cm³/mol. The maximum Gasteiger partial charge on any atom is 0.241 e. The molecule has 6 heteroatoms. The number of anilines is 1. The van der Waals surface area contributed by atoms with Crippen molar-refractivity contribution in [1.29, 1.82) is 0 Å². The smallest absolute Gasteiger partial charge is 0.241 e. The fourth-order valence-corrected chi connectivity index (χ4v) is 5.01. The highest BCUT2D eigenvalue weighted by molar-refractivity contribution is 7.89. The highest BCUT2D eigenvalue weighted by Crippen LogP contribution is 2.28. The zero-order valence-electron chi connectivity index (χ0n) is 12.9. The molecule has 0 bridgehead atoms. The van der Waals surface area contributed by atoms with Crippen LogP contribution in [0.15, 0.2) is 17.0 Å². The van der Waals surface area contributed by atoms with Crippen LogP contribution in [-0.2, 0) is 10.0 Å². The van der Waals surface area contributed by atoms with E-state index in [1.165, 1.54) is 6.42 Å². The summed E-state index contributed by atoms with van der Waals surface area (Å²) in [5.41, 5.74) is 4.69. The standard InChI is InChI=1S/C15H25N3O2S/c1-10-5-4-6-13(7-10)18-21(19,20)15-11(2)8-14(17-16)9-12(15)3/h8-10,13,17-18H,4-7,16H2,1-3H3. The van der Waals surface area contributed by atoms with Gasteiger partial charge in [0.2, 0.25) is 10.0 Å². The van der Waals surface area contributed by atoms with Crippen molar-refractivity contribution in [2.45, 2.75) is 57.4 Å². The Morgan fingerprint density at radius 1 is 1.19 bits per heavy atom. The van der Waals surface area contributed by atoms with Crippen molar-refractivity contribution in [2.75, 3.05) is 5.43 Å². The molecule has 0 aliphatic heterocycles. The van der Waals surface area contributed by atoms with Gasteiger partial charge in [-0.25, -0.2) is 13.1 Å². The predicted octanol–water partition coefficient (Wildman–Crippen LogP) is 2.45. The van der Waals surface area contributed by atoms with Crippen molar-refractivity contribution in [3.05, 3.63) is 23.3 Å². The van der Waals surface area contributed by atoms with Crippen LogP contribution in [0.5, 0.6) is 0 Å². The molecule has 0 heterocycles. The zero-order chi connectivity index (χ0) is 15.6. The lowest BCUT2D eigenvalue weighted by Gasteiger charge is -2.27. The molecule has 118 valence electrons. The number of benzene rings is 1. The van der Waals surface area contributed by atoms with Crippen LogP contribution in [0.2, 0.25) is 0 Å². The molecule has 21 heavy (non-hydrogen) atoms. The first-order chi connectivity index (χ1) is 9.83. The number of rotatable bonds is 4. The molecule has 2 rings (SSSR count).